The number of anilines is 2. The number of aromatic amines is 1. The highest BCUT2D eigenvalue weighted by Gasteiger charge is 2.69. The summed E-state index contributed by atoms with van der Waals surface area (Å²) in [5.74, 6) is -1.63. The summed E-state index contributed by atoms with van der Waals surface area (Å²) in [6.07, 6.45) is 0.747. The van der Waals surface area contributed by atoms with Crippen LogP contribution in [-0.4, -0.2) is 41.7 Å². The van der Waals surface area contributed by atoms with Crippen molar-refractivity contribution in [2.75, 3.05) is 23.9 Å². The van der Waals surface area contributed by atoms with Gasteiger partial charge in [-0.05, 0) is 85.2 Å². The zero-order chi connectivity index (χ0) is 32.6. The van der Waals surface area contributed by atoms with Crippen molar-refractivity contribution in [1.82, 2.24) is 4.98 Å². The van der Waals surface area contributed by atoms with Crippen molar-refractivity contribution >= 4 is 52.2 Å². The minimum absolute atomic E-state index is 0.00752. The fourth-order valence-electron chi connectivity index (χ4n) is 8.21. The number of carbonyl (C=O) groups excluding carboxylic acids is 3. The number of amides is 3. The molecule has 3 amide bonds. The van der Waals surface area contributed by atoms with Crippen LogP contribution in [0.25, 0.3) is 0 Å². The van der Waals surface area contributed by atoms with E-state index in [4.69, 9.17) is 9.47 Å². The van der Waals surface area contributed by atoms with Gasteiger partial charge in [-0.3, -0.25) is 24.1 Å². The Kier molecular flexibility index (Phi) is 7.25. The molecule has 4 aromatic rings. The molecule has 2 aliphatic carbocycles. The number of rotatable bonds is 7. The highest BCUT2D eigenvalue weighted by molar-refractivity contribution is 8.00. The molecule has 2 aliphatic heterocycles. The van der Waals surface area contributed by atoms with Gasteiger partial charge in [0.1, 0.15) is 5.82 Å². The minimum atomic E-state index is -0.476. The highest BCUT2D eigenvalue weighted by Crippen LogP contribution is 2.68. The molecule has 3 aromatic carbocycles. The van der Waals surface area contributed by atoms with Crippen molar-refractivity contribution in [3.63, 3.8) is 0 Å². The number of H-pyrrole nitrogens is 1. The number of benzene rings is 3. The Hall–Kier alpha value is -4.42. The molecule has 4 unspecified atom stereocenters. The molecule has 7 atom stereocenters. The van der Waals surface area contributed by atoms with Gasteiger partial charge >= 0.3 is 4.87 Å². The zero-order valence-corrected chi connectivity index (χ0v) is 27.0. The molecule has 9 nitrogen and oxygen atoms in total. The molecule has 240 valence electrons. The number of thiazole rings is 1. The normalized spacial score (nSPS) is 27.0. The number of nitrogens with zero attached hydrogens (tertiary/aromatic N) is 1. The summed E-state index contributed by atoms with van der Waals surface area (Å²) in [4.78, 5) is 58.0. The molecule has 3 fully saturated rings. The van der Waals surface area contributed by atoms with Gasteiger partial charge in [0.05, 0.1) is 29.7 Å². The number of hydrogen-bond acceptors (Lipinski definition) is 8. The summed E-state index contributed by atoms with van der Waals surface area (Å²) in [5, 5.41) is 3.64. The molecule has 2 saturated carbocycles. The van der Waals surface area contributed by atoms with Crippen LogP contribution in [0.4, 0.5) is 15.8 Å². The van der Waals surface area contributed by atoms with Gasteiger partial charge in [0.2, 0.25) is 11.8 Å². The van der Waals surface area contributed by atoms with E-state index < -0.39 is 17.7 Å². The number of imide groups is 1. The van der Waals surface area contributed by atoms with Crippen LogP contribution in [0.15, 0.2) is 76.6 Å². The van der Waals surface area contributed by atoms with Crippen LogP contribution in [0, 0.1) is 42.3 Å². The van der Waals surface area contributed by atoms with Crippen LogP contribution < -0.4 is 24.6 Å². The van der Waals surface area contributed by atoms with Crippen molar-refractivity contribution in [3.05, 3.63) is 98.2 Å². The Morgan fingerprint density at radius 1 is 0.979 bits per heavy atom. The molecule has 4 aliphatic rings. The van der Waals surface area contributed by atoms with Crippen molar-refractivity contribution in [2.45, 2.75) is 29.5 Å². The maximum Gasteiger partial charge on any atom is 0.305 e. The number of halogens is 1. The van der Waals surface area contributed by atoms with E-state index in [0.717, 1.165) is 27.5 Å². The van der Waals surface area contributed by atoms with E-state index >= 15 is 0 Å². The zero-order valence-electron chi connectivity index (χ0n) is 25.4. The number of hydrogen-bond donors (Lipinski definition) is 2. The predicted molar refractivity (Wildman–Crippen MR) is 176 cm³/mol. The van der Waals surface area contributed by atoms with Gasteiger partial charge in [0.15, 0.2) is 18.1 Å². The maximum absolute atomic E-state index is 13.9. The second kappa shape index (κ2) is 11.4. The number of aromatic nitrogens is 1. The highest BCUT2D eigenvalue weighted by atomic mass is 32.2. The molecule has 12 heteroatoms. The molecule has 2 N–H and O–H groups in total. The SMILES string of the molecule is COc1cc([C@H]2c3sc(=O)[nH]c3SC3C2[C@H]2C[C@@H]3C3C(=O)N(c4ccc(F)cc4)C(=O)C32)ccc1OCC(=O)Nc1ccc(C)cc1. The van der Waals surface area contributed by atoms with Crippen LogP contribution in [0.5, 0.6) is 11.5 Å². The quantitative estimate of drug-likeness (QED) is 0.246. The summed E-state index contributed by atoms with van der Waals surface area (Å²) in [6.45, 7) is 1.76. The Morgan fingerprint density at radius 3 is 2.43 bits per heavy atom. The Morgan fingerprint density at radius 2 is 1.70 bits per heavy atom. The van der Waals surface area contributed by atoms with E-state index in [1.807, 2.05) is 43.3 Å². The molecule has 1 aromatic heterocycles. The summed E-state index contributed by atoms with van der Waals surface area (Å²) in [7, 11) is 1.53. The summed E-state index contributed by atoms with van der Waals surface area (Å²) in [5.41, 5.74) is 3.06. The lowest BCUT2D eigenvalue weighted by Crippen LogP contribution is -2.42. The number of carbonyl (C=O) groups is 3. The molecule has 0 spiro atoms. The molecule has 2 bridgehead atoms. The standard InChI is InChI=1S/C35H30FN3O6S2/c1-16-3-8-19(9-4-16)37-25(40)15-45-23-12-5-17(13-24(23)44-2)26-27-21-14-22(30(27)46-32-31(26)47-35(43)38-32)29-28(21)33(41)39(34(29)42)20-10-6-18(36)7-11-20/h3-13,21-22,26-30H,14-15H2,1-2H3,(H,37,40)(H,38,43)/t21-,22-,26-,27?,28?,29?,30?/m1/s1. The second-order valence-electron chi connectivity index (χ2n) is 12.6. The van der Waals surface area contributed by atoms with Gasteiger partial charge in [-0.15, -0.1) is 11.8 Å². The largest absolute Gasteiger partial charge is 0.493 e. The third-order valence-electron chi connectivity index (χ3n) is 10.0. The van der Waals surface area contributed by atoms with Gasteiger partial charge < -0.3 is 19.8 Å². The number of fused-ring (bicyclic) bond motifs is 9. The summed E-state index contributed by atoms with van der Waals surface area (Å²) >= 11 is 2.78. The molecule has 3 heterocycles. The first-order chi connectivity index (χ1) is 22.7. The third kappa shape index (κ3) is 4.88. The number of ether oxygens (including phenoxy) is 2. The van der Waals surface area contributed by atoms with Gasteiger partial charge in [0, 0.05) is 21.7 Å². The average Bonchev–Trinajstić information content (AvgIpc) is 3.80. The van der Waals surface area contributed by atoms with E-state index in [-0.39, 0.29) is 58.1 Å². The molecular weight excluding hydrogens is 642 g/mol. The Labute approximate surface area is 277 Å². The number of thioether (sulfide) groups is 1. The predicted octanol–water partition coefficient (Wildman–Crippen LogP) is 5.59. The first-order valence-corrected chi connectivity index (χ1v) is 17.1. The second-order valence-corrected chi connectivity index (χ2v) is 14.8. The van der Waals surface area contributed by atoms with Gasteiger partial charge in [-0.1, -0.05) is 35.1 Å². The lowest BCUT2D eigenvalue weighted by Gasteiger charge is -2.43. The molecule has 1 saturated heterocycles. The van der Waals surface area contributed by atoms with Crippen LogP contribution >= 0.6 is 23.1 Å². The van der Waals surface area contributed by atoms with Crippen LogP contribution in [0.1, 0.15) is 28.3 Å². The molecular formula is C35H30FN3O6S2. The van der Waals surface area contributed by atoms with E-state index in [1.54, 1.807) is 17.8 Å². The van der Waals surface area contributed by atoms with Gasteiger partial charge in [-0.2, -0.15) is 0 Å². The first-order valence-electron chi connectivity index (χ1n) is 15.4. The first kappa shape index (κ1) is 29.9. The fraction of sp³-hybridized carbons (Fsp3) is 0.314. The topological polar surface area (TPSA) is 118 Å². The molecule has 47 heavy (non-hydrogen) atoms. The van der Waals surface area contributed by atoms with E-state index in [0.29, 0.717) is 22.9 Å². The van der Waals surface area contributed by atoms with Crippen molar-refractivity contribution < 1.29 is 28.2 Å². The van der Waals surface area contributed by atoms with Crippen LogP contribution in [0.3, 0.4) is 0 Å². The minimum Gasteiger partial charge on any atom is -0.493 e. The monoisotopic (exact) mass is 671 g/mol. The third-order valence-corrected chi connectivity index (χ3v) is 12.6. The van der Waals surface area contributed by atoms with Gasteiger partial charge in [-0.25, -0.2) is 4.39 Å². The number of methoxy groups -OCH3 is 1. The summed E-state index contributed by atoms with van der Waals surface area (Å²) in [6, 6.07) is 18.5. The van der Waals surface area contributed by atoms with E-state index in [1.165, 1.54) is 47.6 Å². The number of nitrogens with one attached hydrogen (secondary N) is 2. The summed E-state index contributed by atoms with van der Waals surface area (Å²) < 4.78 is 25.3. The van der Waals surface area contributed by atoms with Crippen molar-refractivity contribution in [1.29, 1.82) is 0 Å². The Balaban J connectivity index is 1.09. The average molecular weight is 672 g/mol. The maximum atomic E-state index is 13.9. The lowest BCUT2D eigenvalue weighted by atomic mass is 9.68. The smallest absolute Gasteiger partial charge is 0.305 e. The Bertz CT molecular complexity index is 1980. The van der Waals surface area contributed by atoms with E-state index in [2.05, 4.69) is 10.3 Å². The fourth-order valence-corrected chi connectivity index (χ4v) is 11.1. The lowest BCUT2D eigenvalue weighted by molar-refractivity contribution is -0.123. The van der Waals surface area contributed by atoms with Gasteiger partial charge in [0.25, 0.3) is 5.91 Å². The molecule has 8 rings (SSSR count). The van der Waals surface area contributed by atoms with E-state index in [9.17, 15) is 23.6 Å². The van der Waals surface area contributed by atoms with Crippen LogP contribution in [0.2, 0.25) is 0 Å². The van der Waals surface area contributed by atoms with Crippen LogP contribution in [-0.2, 0) is 14.4 Å². The molecule has 0 radical (unpaired) electrons. The number of aryl methyl sites for hydroxylation is 1. The van der Waals surface area contributed by atoms with Crippen molar-refractivity contribution in [2.24, 2.45) is 29.6 Å². The van der Waals surface area contributed by atoms with Crippen molar-refractivity contribution in [3.8, 4) is 11.5 Å².